The second kappa shape index (κ2) is 8.80. The van der Waals surface area contributed by atoms with Crippen molar-refractivity contribution in [2.45, 2.75) is 40.2 Å². The highest BCUT2D eigenvalue weighted by Crippen LogP contribution is 2.26. The third-order valence-corrected chi connectivity index (χ3v) is 4.77. The third kappa shape index (κ3) is 4.94. The Morgan fingerprint density at radius 1 is 1.11 bits per heavy atom. The summed E-state index contributed by atoms with van der Waals surface area (Å²) < 4.78 is 5.57. The molecule has 0 aromatic heterocycles. The van der Waals surface area contributed by atoms with Crippen LogP contribution in [0.4, 0.5) is 0 Å². The summed E-state index contributed by atoms with van der Waals surface area (Å²) >= 11 is 0. The van der Waals surface area contributed by atoms with Crippen LogP contribution in [0.3, 0.4) is 0 Å². The first-order chi connectivity index (χ1) is 13.1. The molecule has 0 unspecified atom stereocenters. The molecule has 1 aliphatic rings. The summed E-state index contributed by atoms with van der Waals surface area (Å²) in [7, 11) is 0. The van der Waals surface area contributed by atoms with E-state index in [1.54, 1.807) is 0 Å². The van der Waals surface area contributed by atoms with Gasteiger partial charge in [0.15, 0.2) is 5.96 Å². The molecule has 0 bridgehead atoms. The molecule has 3 N–H and O–H groups in total. The van der Waals surface area contributed by atoms with Gasteiger partial charge in [0.25, 0.3) is 0 Å². The van der Waals surface area contributed by atoms with E-state index < -0.39 is 0 Å². The zero-order valence-electron chi connectivity index (χ0n) is 16.4. The quantitative estimate of drug-likeness (QED) is 0.542. The van der Waals surface area contributed by atoms with Crippen molar-refractivity contribution < 1.29 is 9.84 Å². The van der Waals surface area contributed by atoms with Gasteiger partial charge in [-0.25, -0.2) is 4.99 Å². The van der Waals surface area contributed by atoms with E-state index in [4.69, 9.17) is 4.74 Å². The predicted molar refractivity (Wildman–Crippen MR) is 110 cm³/mol. The maximum absolute atomic E-state index is 9.91. The van der Waals surface area contributed by atoms with Crippen LogP contribution in [0, 0.1) is 13.8 Å². The summed E-state index contributed by atoms with van der Waals surface area (Å²) in [6, 6.07) is 10.4. The lowest BCUT2D eigenvalue weighted by atomic mass is 10.1. The number of phenols is 1. The summed E-state index contributed by atoms with van der Waals surface area (Å²) in [6.45, 7) is 8.90. The number of rotatable bonds is 6. The topological polar surface area (TPSA) is 65.9 Å². The van der Waals surface area contributed by atoms with Gasteiger partial charge in [0.2, 0.25) is 0 Å². The van der Waals surface area contributed by atoms with Crippen LogP contribution < -0.4 is 15.4 Å². The van der Waals surface area contributed by atoms with Crippen LogP contribution in [0.25, 0.3) is 0 Å². The molecule has 0 amide bonds. The lowest BCUT2D eigenvalue weighted by Crippen LogP contribution is -2.38. The van der Waals surface area contributed by atoms with Gasteiger partial charge >= 0.3 is 0 Å². The molecule has 1 heterocycles. The van der Waals surface area contributed by atoms with Crippen molar-refractivity contribution in [1.82, 2.24) is 10.6 Å². The number of aliphatic imine (C=N–C) groups is 1. The molecule has 0 spiro atoms. The summed E-state index contributed by atoms with van der Waals surface area (Å²) in [5.74, 6) is 2.21. The van der Waals surface area contributed by atoms with E-state index in [0.29, 0.717) is 12.3 Å². The Balaban J connectivity index is 1.57. The van der Waals surface area contributed by atoms with Gasteiger partial charge in [0, 0.05) is 19.5 Å². The maximum Gasteiger partial charge on any atom is 0.191 e. The second-order valence-corrected chi connectivity index (χ2v) is 6.99. The van der Waals surface area contributed by atoms with Gasteiger partial charge < -0.3 is 20.5 Å². The Morgan fingerprint density at radius 2 is 1.89 bits per heavy atom. The Hall–Kier alpha value is -2.69. The molecule has 0 saturated heterocycles. The normalized spacial score (nSPS) is 13.2. The monoisotopic (exact) mass is 367 g/mol. The van der Waals surface area contributed by atoms with Gasteiger partial charge in [-0.3, -0.25) is 0 Å². The molecular weight excluding hydrogens is 338 g/mol. The van der Waals surface area contributed by atoms with Gasteiger partial charge in [-0.15, -0.1) is 0 Å². The minimum atomic E-state index is 0.368. The predicted octanol–water partition coefficient (Wildman–Crippen LogP) is 3.24. The van der Waals surface area contributed by atoms with Gasteiger partial charge in [-0.05, 0) is 61.1 Å². The second-order valence-electron chi connectivity index (χ2n) is 6.99. The molecule has 1 aliphatic heterocycles. The highest BCUT2D eigenvalue weighted by Gasteiger charge is 2.11. The van der Waals surface area contributed by atoms with E-state index in [1.807, 2.05) is 26.0 Å². The lowest BCUT2D eigenvalue weighted by Gasteiger charge is -2.12. The van der Waals surface area contributed by atoms with Crippen molar-refractivity contribution in [2.24, 2.45) is 4.99 Å². The van der Waals surface area contributed by atoms with Crippen molar-refractivity contribution in [3.8, 4) is 11.5 Å². The Bertz CT molecular complexity index is 807. The van der Waals surface area contributed by atoms with Crippen LogP contribution >= 0.6 is 0 Å². The molecule has 144 valence electrons. The number of aromatic hydroxyl groups is 1. The summed E-state index contributed by atoms with van der Waals surface area (Å²) in [6.07, 6.45) is 1.95. The highest BCUT2D eigenvalue weighted by molar-refractivity contribution is 5.79. The largest absolute Gasteiger partial charge is 0.507 e. The van der Waals surface area contributed by atoms with E-state index in [9.17, 15) is 5.11 Å². The molecule has 0 atom stereocenters. The van der Waals surface area contributed by atoms with Crippen LogP contribution in [0.15, 0.2) is 35.3 Å². The fourth-order valence-electron chi connectivity index (χ4n) is 3.37. The molecule has 2 aromatic rings. The van der Waals surface area contributed by atoms with Crippen LogP contribution in [0.1, 0.15) is 34.7 Å². The van der Waals surface area contributed by atoms with E-state index >= 15 is 0 Å². The number of ether oxygens (including phenoxy) is 1. The minimum Gasteiger partial charge on any atom is -0.507 e. The molecule has 2 aromatic carbocycles. The fourth-order valence-corrected chi connectivity index (χ4v) is 3.37. The zero-order chi connectivity index (χ0) is 19.2. The lowest BCUT2D eigenvalue weighted by molar-refractivity contribution is 0.357. The van der Waals surface area contributed by atoms with Crippen molar-refractivity contribution in [3.63, 3.8) is 0 Å². The number of nitrogens with one attached hydrogen (secondary N) is 2. The molecule has 0 fully saturated rings. The van der Waals surface area contributed by atoms with Crippen LogP contribution in [-0.4, -0.2) is 30.8 Å². The molecule has 5 heteroatoms. The first-order valence-electron chi connectivity index (χ1n) is 9.62. The van der Waals surface area contributed by atoms with Gasteiger partial charge in [0.05, 0.1) is 13.2 Å². The number of hydrogen-bond donors (Lipinski definition) is 3. The van der Waals surface area contributed by atoms with E-state index in [1.165, 1.54) is 11.1 Å². The first-order valence-corrected chi connectivity index (χ1v) is 9.62. The number of benzene rings is 2. The Labute approximate surface area is 161 Å². The summed E-state index contributed by atoms with van der Waals surface area (Å²) in [5.41, 5.74) is 5.50. The minimum absolute atomic E-state index is 0.368. The number of fused-ring (bicyclic) bond motifs is 1. The Kier molecular flexibility index (Phi) is 6.22. The van der Waals surface area contributed by atoms with Gasteiger partial charge in [0.1, 0.15) is 11.5 Å². The smallest absolute Gasteiger partial charge is 0.191 e. The fraction of sp³-hybridized carbons (Fsp3) is 0.409. The van der Waals surface area contributed by atoms with Crippen molar-refractivity contribution >= 4 is 5.96 Å². The van der Waals surface area contributed by atoms with Gasteiger partial charge in [-0.1, -0.05) is 24.3 Å². The molecule has 3 rings (SSSR count). The van der Waals surface area contributed by atoms with Crippen LogP contribution in [0.2, 0.25) is 0 Å². The van der Waals surface area contributed by atoms with Gasteiger partial charge in [-0.2, -0.15) is 0 Å². The molecular formula is C22H29N3O2. The number of nitrogens with zero attached hydrogens (tertiary/aromatic N) is 1. The average Bonchev–Trinajstić information content (AvgIpc) is 3.12. The standard InChI is InChI=1S/C22H29N3O2/c1-4-23-22(25-14-18-11-15(2)21(26)16(3)12-18)24-9-7-17-5-6-20-19(13-17)8-10-27-20/h5-6,11-13,26H,4,7-10,14H2,1-3H3,(H2,23,24,25). The number of guanidine groups is 1. The molecule has 27 heavy (non-hydrogen) atoms. The number of aryl methyl sites for hydroxylation is 2. The molecule has 0 aliphatic carbocycles. The van der Waals surface area contributed by atoms with E-state index in [-0.39, 0.29) is 0 Å². The number of phenolic OH excluding ortho intramolecular Hbond substituents is 1. The molecule has 0 saturated carbocycles. The maximum atomic E-state index is 9.91. The SMILES string of the molecule is CCNC(=NCc1cc(C)c(O)c(C)c1)NCCc1ccc2c(c1)CCO2. The van der Waals surface area contributed by atoms with E-state index in [0.717, 1.165) is 60.9 Å². The van der Waals surface area contributed by atoms with Crippen LogP contribution in [-0.2, 0) is 19.4 Å². The van der Waals surface area contributed by atoms with E-state index in [2.05, 4.69) is 40.7 Å². The number of hydrogen-bond acceptors (Lipinski definition) is 3. The summed E-state index contributed by atoms with van der Waals surface area (Å²) in [4.78, 5) is 4.68. The van der Waals surface area contributed by atoms with Crippen LogP contribution in [0.5, 0.6) is 11.5 Å². The zero-order valence-corrected chi connectivity index (χ0v) is 16.4. The van der Waals surface area contributed by atoms with Crippen molar-refractivity contribution in [1.29, 1.82) is 0 Å². The Morgan fingerprint density at radius 3 is 2.63 bits per heavy atom. The third-order valence-electron chi connectivity index (χ3n) is 4.77. The average molecular weight is 367 g/mol. The highest BCUT2D eigenvalue weighted by atomic mass is 16.5. The molecule has 5 nitrogen and oxygen atoms in total. The molecule has 0 radical (unpaired) electrons. The van der Waals surface area contributed by atoms with Crippen molar-refractivity contribution in [3.05, 3.63) is 58.1 Å². The van der Waals surface area contributed by atoms with Crippen molar-refractivity contribution in [2.75, 3.05) is 19.7 Å². The summed E-state index contributed by atoms with van der Waals surface area (Å²) in [5, 5.41) is 16.6. The first kappa shape index (κ1) is 19.1.